The van der Waals surface area contributed by atoms with Crippen LogP contribution in [0.4, 0.5) is 5.69 Å². The molecular formula is C51H44Cl3N5O. The Kier molecular flexibility index (Phi) is 13.5. The molecule has 0 unspecified atom stereocenters. The van der Waals surface area contributed by atoms with Gasteiger partial charge in [0, 0.05) is 47.6 Å². The van der Waals surface area contributed by atoms with Crippen molar-refractivity contribution in [2.75, 3.05) is 19.0 Å². The van der Waals surface area contributed by atoms with E-state index in [2.05, 4.69) is 90.1 Å². The number of alkyl halides is 3. The van der Waals surface area contributed by atoms with Crippen molar-refractivity contribution in [1.29, 1.82) is 21.0 Å². The number of nitrogens with zero attached hydrogens (tertiary/aromatic N) is 5. The minimum Gasteiger partial charge on any atom is -0.378 e. The Morgan fingerprint density at radius 2 is 0.983 bits per heavy atom. The van der Waals surface area contributed by atoms with Gasteiger partial charge >= 0.3 is 0 Å². The highest BCUT2D eigenvalue weighted by Crippen LogP contribution is 2.54. The highest BCUT2D eigenvalue weighted by atomic mass is 35.6. The Morgan fingerprint density at radius 3 is 1.40 bits per heavy atom. The average molecular weight is 849 g/mol. The van der Waals surface area contributed by atoms with Gasteiger partial charge in [-0.1, -0.05) is 161 Å². The summed E-state index contributed by atoms with van der Waals surface area (Å²) in [5.74, 6) is -0.121. The predicted molar refractivity (Wildman–Crippen MR) is 247 cm³/mol. The lowest BCUT2D eigenvalue weighted by molar-refractivity contribution is 0.104. The second-order valence-corrected chi connectivity index (χ2v) is 18.6. The predicted octanol–water partition coefficient (Wildman–Crippen LogP) is 13.5. The van der Waals surface area contributed by atoms with Crippen LogP contribution >= 0.6 is 34.8 Å². The van der Waals surface area contributed by atoms with E-state index >= 15 is 0 Å². The maximum atomic E-state index is 14.8. The summed E-state index contributed by atoms with van der Waals surface area (Å²) < 4.78 is -0.750. The van der Waals surface area contributed by atoms with E-state index in [0.29, 0.717) is 44.5 Å². The molecule has 60 heavy (non-hydrogen) atoms. The summed E-state index contributed by atoms with van der Waals surface area (Å²) in [4.78, 5) is 16.7. The van der Waals surface area contributed by atoms with Crippen molar-refractivity contribution in [3.05, 3.63) is 147 Å². The number of hydrogen-bond donors (Lipinski definition) is 0. The molecule has 0 spiro atoms. The zero-order valence-electron chi connectivity index (χ0n) is 35.1. The third kappa shape index (κ3) is 8.89. The molecular weight excluding hydrogens is 805 g/mol. The van der Waals surface area contributed by atoms with Crippen LogP contribution in [-0.2, 0) is 10.8 Å². The number of carbonyl (C=O) groups excluding carboxylic acids is 1. The van der Waals surface area contributed by atoms with Crippen LogP contribution in [0.1, 0.15) is 85.3 Å². The Morgan fingerprint density at radius 1 is 0.567 bits per heavy atom. The highest BCUT2D eigenvalue weighted by Gasteiger charge is 2.38. The molecule has 0 fully saturated rings. The number of fused-ring (bicyclic) bond motifs is 3. The van der Waals surface area contributed by atoms with E-state index in [1.54, 1.807) is 12.1 Å². The molecule has 0 saturated carbocycles. The minimum absolute atomic E-state index is 0.118. The lowest BCUT2D eigenvalue weighted by atomic mass is 9.75. The maximum absolute atomic E-state index is 14.8. The van der Waals surface area contributed by atoms with E-state index in [0.717, 1.165) is 33.5 Å². The zero-order chi connectivity index (χ0) is 44.3. The fourth-order valence-corrected chi connectivity index (χ4v) is 7.63. The van der Waals surface area contributed by atoms with Gasteiger partial charge in [-0.2, -0.15) is 21.0 Å². The average Bonchev–Trinajstić information content (AvgIpc) is 3.49. The first-order chi connectivity index (χ1) is 28.3. The number of anilines is 1. The first-order valence-corrected chi connectivity index (χ1v) is 20.5. The molecule has 0 aromatic heterocycles. The van der Waals surface area contributed by atoms with Crippen molar-refractivity contribution >= 4 is 57.4 Å². The summed E-state index contributed by atoms with van der Waals surface area (Å²) in [6, 6.07) is 39.7. The van der Waals surface area contributed by atoms with E-state index in [9.17, 15) is 25.8 Å². The van der Waals surface area contributed by atoms with Gasteiger partial charge in [-0.3, -0.25) is 4.79 Å². The molecule has 6 rings (SSSR count). The quantitative estimate of drug-likeness (QED) is 0.0936. The fourth-order valence-electron chi connectivity index (χ4n) is 7.63. The standard InChI is InChI=1S/C50H43N5O.CHCl3/c1-30-41(31-14-20-36(21-15-31)49(2,3)4)47-46(39-12-10-11-13-40(39)48(47)56)44(33-16-22-37(23-17-33)50(5,6)7)42(30)45(35(28-53)29-54)43(34(26-51)27-52)32-18-24-38(25-19-32)55(8)9;2-1(3)4/h10-25H,1-9H3;1H. The lowest BCUT2D eigenvalue weighted by Crippen LogP contribution is -2.11. The number of allylic oxidation sites excluding steroid dienone is 4. The Balaban J connectivity index is 0.00000163. The molecule has 9 heteroatoms. The smallest absolute Gasteiger partial charge is 0.194 e. The van der Waals surface area contributed by atoms with E-state index < -0.39 is 4.30 Å². The van der Waals surface area contributed by atoms with Crippen LogP contribution in [0.5, 0.6) is 0 Å². The number of carbonyl (C=O) groups is 1. The molecule has 1 aliphatic rings. The molecule has 0 N–H and O–H groups in total. The van der Waals surface area contributed by atoms with E-state index in [1.165, 1.54) is 0 Å². The number of hydrogen-bond acceptors (Lipinski definition) is 6. The molecule has 0 aliphatic heterocycles. The second-order valence-electron chi connectivity index (χ2n) is 16.7. The van der Waals surface area contributed by atoms with E-state index in [1.807, 2.05) is 86.6 Å². The van der Waals surface area contributed by atoms with Gasteiger partial charge in [0.05, 0.1) is 0 Å². The van der Waals surface area contributed by atoms with Crippen LogP contribution in [0.25, 0.3) is 44.5 Å². The third-order valence-electron chi connectivity index (χ3n) is 10.6. The second kappa shape index (κ2) is 18.0. The summed E-state index contributed by atoms with van der Waals surface area (Å²) in [6.45, 7) is 14.8. The van der Waals surface area contributed by atoms with Crippen LogP contribution in [0.3, 0.4) is 0 Å². The van der Waals surface area contributed by atoms with Gasteiger partial charge in [-0.25, -0.2) is 0 Å². The number of ketones is 1. The van der Waals surface area contributed by atoms with E-state index in [4.69, 9.17) is 34.8 Å². The molecule has 0 atom stereocenters. The first kappa shape index (κ1) is 45.0. The molecule has 0 bridgehead atoms. The van der Waals surface area contributed by atoms with Crippen LogP contribution in [0.2, 0.25) is 0 Å². The third-order valence-corrected chi connectivity index (χ3v) is 10.6. The van der Waals surface area contributed by atoms with Crippen molar-refractivity contribution < 1.29 is 4.79 Å². The molecule has 0 heterocycles. The number of nitriles is 4. The van der Waals surface area contributed by atoms with Gasteiger partial charge in [-0.15, -0.1) is 0 Å². The van der Waals surface area contributed by atoms with Crippen molar-refractivity contribution in [3.63, 3.8) is 0 Å². The highest BCUT2D eigenvalue weighted by molar-refractivity contribution is 6.63. The van der Waals surface area contributed by atoms with Gasteiger partial charge in [0.2, 0.25) is 0 Å². The van der Waals surface area contributed by atoms with Gasteiger partial charge in [0.15, 0.2) is 10.1 Å². The van der Waals surface area contributed by atoms with Crippen molar-refractivity contribution in [2.45, 2.75) is 63.6 Å². The minimum atomic E-state index is -0.750. The number of halogens is 3. The van der Waals surface area contributed by atoms with Crippen LogP contribution < -0.4 is 4.90 Å². The summed E-state index contributed by atoms with van der Waals surface area (Å²) in [7, 11) is 3.83. The molecule has 300 valence electrons. The molecule has 6 nitrogen and oxygen atoms in total. The molecule has 5 aromatic rings. The largest absolute Gasteiger partial charge is 0.378 e. The summed E-state index contributed by atoms with van der Waals surface area (Å²) in [6.07, 6.45) is 0. The van der Waals surface area contributed by atoms with E-state index in [-0.39, 0.29) is 38.9 Å². The van der Waals surface area contributed by atoms with Gasteiger partial charge in [0.1, 0.15) is 35.4 Å². The Bertz CT molecular complexity index is 2680. The number of benzene rings is 5. The van der Waals surface area contributed by atoms with Crippen LogP contribution in [0, 0.1) is 52.2 Å². The SMILES string of the molecule is Cc1c(C(=C(C#N)C#N)C(=C(C#N)C#N)c2ccc(N(C)C)cc2)c(-c2ccc(C(C)(C)C)cc2)c2c(c1-c1ccc(C(C)(C)C)cc1)C(=O)c1ccccc1-2.ClC(Cl)Cl. The molecule has 0 saturated heterocycles. The van der Waals surface area contributed by atoms with Crippen molar-refractivity contribution in [3.8, 4) is 57.7 Å². The topological polar surface area (TPSA) is 115 Å². The Labute approximate surface area is 368 Å². The van der Waals surface area contributed by atoms with Crippen molar-refractivity contribution in [1.82, 2.24) is 0 Å². The molecule has 5 aromatic carbocycles. The van der Waals surface area contributed by atoms with Crippen LogP contribution in [-0.4, -0.2) is 24.2 Å². The monoisotopic (exact) mass is 847 g/mol. The van der Waals surface area contributed by atoms with Gasteiger partial charge in [0.25, 0.3) is 0 Å². The van der Waals surface area contributed by atoms with Crippen LogP contribution in [0.15, 0.2) is 108 Å². The Hall–Kier alpha value is -6.12. The summed E-state index contributed by atoms with van der Waals surface area (Å²) >= 11 is 14.4. The maximum Gasteiger partial charge on any atom is 0.194 e. The molecule has 1 aliphatic carbocycles. The molecule has 0 amide bonds. The van der Waals surface area contributed by atoms with Gasteiger partial charge in [-0.05, 0) is 85.5 Å². The first-order valence-electron chi connectivity index (χ1n) is 19.2. The van der Waals surface area contributed by atoms with Gasteiger partial charge < -0.3 is 4.90 Å². The fraction of sp³-hybridized carbons (Fsp3) is 0.235. The summed E-state index contributed by atoms with van der Waals surface area (Å²) in [5, 5.41) is 42.7. The zero-order valence-corrected chi connectivity index (χ0v) is 37.4. The normalized spacial score (nSPS) is 11.4. The number of rotatable bonds is 6. The molecule has 0 radical (unpaired) electrons. The lowest BCUT2D eigenvalue weighted by Gasteiger charge is -2.27. The summed E-state index contributed by atoms with van der Waals surface area (Å²) in [5.41, 5.74) is 9.64. The van der Waals surface area contributed by atoms with Crippen molar-refractivity contribution in [2.24, 2.45) is 0 Å².